The van der Waals surface area contributed by atoms with Crippen LogP contribution >= 0.6 is 23.2 Å². The second-order valence-corrected chi connectivity index (χ2v) is 10.7. The lowest BCUT2D eigenvalue weighted by Crippen LogP contribution is -2.42. The molecule has 1 aromatic carbocycles. The summed E-state index contributed by atoms with van der Waals surface area (Å²) >= 11 is 12.2. The van der Waals surface area contributed by atoms with Gasteiger partial charge in [0.05, 0.1) is 5.69 Å². The second kappa shape index (κ2) is 9.99. The molecule has 0 aliphatic heterocycles. The Bertz CT molecular complexity index is 1070. The van der Waals surface area contributed by atoms with Crippen LogP contribution in [0.15, 0.2) is 59.8 Å². The normalized spacial score (nSPS) is 18.5. The number of nitrogens with zero attached hydrogens (tertiary/aromatic N) is 3. The van der Waals surface area contributed by atoms with Gasteiger partial charge in [-0.1, -0.05) is 41.4 Å². The van der Waals surface area contributed by atoms with Crippen molar-refractivity contribution in [2.45, 2.75) is 17.0 Å². The number of nitrogens with one attached hydrogen (secondary N) is 2. The first kappa shape index (κ1) is 23.5. The number of anilines is 2. The molecule has 0 spiro atoms. The van der Waals surface area contributed by atoms with Crippen LogP contribution in [0.25, 0.3) is 11.3 Å². The van der Waals surface area contributed by atoms with Crippen molar-refractivity contribution >= 4 is 44.9 Å². The van der Waals surface area contributed by atoms with E-state index in [1.165, 1.54) is 6.08 Å². The van der Waals surface area contributed by atoms with Gasteiger partial charge in [-0.25, -0.2) is 23.1 Å². The number of sulfonamides is 1. The van der Waals surface area contributed by atoms with Crippen molar-refractivity contribution in [1.82, 2.24) is 14.7 Å². The van der Waals surface area contributed by atoms with Crippen molar-refractivity contribution in [2.24, 2.45) is 0 Å². The zero-order valence-electron chi connectivity index (χ0n) is 17.3. The molecular formula is C21H25Cl2N5O2S. The molecule has 2 aromatic rings. The highest BCUT2D eigenvalue weighted by atomic mass is 35.5. The molecule has 2 N–H and O–H groups in total. The summed E-state index contributed by atoms with van der Waals surface area (Å²) in [6.07, 6.45) is 6.88. The minimum absolute atomic E-state index is 0.0380. The minimum Gasteiger partial charge on any atom is -0.378 e. The second-order valence-electron chi connectivity index (χ2n) is 7.32. The van der Waals surface area contributed by atoms with Gasteiger partial charge in [-0.15, -0.1) is 0 Å². The number of alkyl halides is 1. The third-order valence-corrected chi connectivity index (χ3v) is 7.63. The molecule has 0 bridgehead atoms. The molecule has 3 rings (SSSR count). The first-order valence-electron chi connectivity index (χ1n) is 9.77. The summed E-state index contributed by atoms with van der Waals surface area (Å²) in [5.41, 5.74) is 2.91. The lowest BCUT2D eigenvalue weighted by Gasteiger charge is -2.25. The van der Waals surface area contributed by atoms with Crippen LogP contribution in [-0.2, 0) is 10.0 Å². The van der Waals surface area contributed by atoms with Gasteiger partial charge < -0.3 is 10.2 Å². The average Bonchev–Trinajstić information content (AvgIpc) is 2.73. The summed E-state index contributed by atoms with van der Waals surface area (Å²) in [4.78, 5) is 10.8. The van der Waals surface area contributed by atoms with Crippen molar-refractivity contribution in [3.05, 3.63) is 59.8 Å². The average molecular weight is 482 g/mol. The molecule has 0 amide bonds. The van der Waals surface area contributed by atoms with Crippen LogP contribution < -0.4 is 14.9 Å². The maximum Gasteiger partial charge on any atom is 0.235 e. The van der Waals surface area contributed by atoms with Crippen LogP contribution in [0, 0.1) is 0 Å². The zero-order chi connectivity index (χ0) is 22.5. The number of hydrogen-bond acceptors (Lipinski definition) is 6. The predicted octanol–water partition coefficient (Wildman–Crippen LogP) is 3.95. The van der Waals surface area contributed by atoms with E-state index < -0.39 is 14.2 Å². The van der Waals surface area contributed by atoms with Crippen molar-refractivity contribution in [1.29, 1.82) is 0 Å². The number of benzene rings is 1. The van der Waals surface area contributed by atoms with E-state index in [0.29, 0.717) is 23.9 Å². The Balaban J connectivity index is 1.51. The molecule has 1 atom stereocenters. The smallest absolute Gasteiger partial charge is 0.235 e. The topological polar surface area (TPSA) is 87.2 Å². The first-order chi connectivity index (χ1) is 14.7. The van der Waals surface area contributed by atoms with E-state index in [9.17, 15) is 8.42 Å². The van der Waals surface area contributed by atoms with Gasteiger partial charge in [-0.05, 0) is 36.8 Å². The van der Waals surface area contributed by atoms with Crippen LogP contribution in [-0.4, -0.2) is 49.8 Å². The van der Waals surface area contributed by atoms with E-state index in [2.05, 4.69) is 20.0 Å². The maximum absolute atomic E-state index is 12.5. The van der Waals surface area contributed by atoms with Gasteiger partial charge in [0.1, 0.15) is 0 Å². The molecule has 0 saturated heterocycles. The Morgan fingerprint density at radius 2 is 1.90 bits per heavy atom. The van der Waals surface area contributed by atoms with Crippen LogP contribution in [0.1, 0.15) is 12.8 Å². The zero-order valence-corrected chi connectivity index (χ0v) is 19.7. The van der Waals surface area contributed by atoms with E-state index >= 15 is 0 Å². The van der Waals surface area contributed by atoms with Crippen LogP contribution in [0.2, 0.25) is 0 Å². The largest absolute Gasteiger partial charge is 0.378 e. The number of halogens is 2. The fourth-order valence-corrected chi connectivity index (χ4v) is 5.05. The predicted molar refractivity (Wildman–Crippen MR) is 128 cm³/mol. The van der Waals surface area contributed by atoms with Gasteiger partial charge >= 0.3 is 0 Å². The molecule has 0 fully saturated rings. The molecule has 31 heavy (non-hydrogen) atoms. The third-order valence-electron chi connectivity index (χ3n) is 4.74. The van der Waals surface area contributed by atoms with Crippen molar-refractivity contribution < 1.29 is 8.42 Å². The highest BCUT2D eigenvalue weighted by Crippen LogP contribution is 2.35. The Morgan fingerprint density at radius 3 is 2.58 bits per heavy atom. The standard InChI is InChI=1S/C21H25Cl2N5O2S/c1-28(2)18-8-6-16(7-9-18)19-10-14-25-20(27-19)24-12-4-13-26-31(29,30)21(23)11-3-5-17(22)15-21/h3,5-11,14,26H,4,12-13,15H2,1-2H3,(H,24,25,27). The quantitative estimate of drug-likeness (QED) is 0.416. The molecule has 1 heterocycles. The van der Waals surface area contributed by atoms with Gasteiger partial charge in [0, 0.05) is 56.1 Å². The van der Waals surface area contributed by atoms with Crippen LogP contribution in [0.4, 0.5) is 11.6 Å². The number of hydrogen-bond donors (Lipinski definition) is 2. The van der Waals surface area contributed by atoms with Gasteiger partial charge in [-0.3, -0.25) is 0 Å². The van der Waals surface area contributed by atoms with Gasteiger partial charge in [-0.2, -0.15) is 0 Å². The summed E-state index contributed by atoms with van der Waals surface area (Å²) in [5, 5.41) is 3.53. The monoisotopic (exact) mass is 481 g/mol. The molecular weight excluding hydrogens is 457 g/mol. The van der Waals surface area contributed by atoms with Crippen LogP contribution in [0.3, 0.4) is 0 Å². The molecule has 10 heteroatoms. The lowest BCUT2D eigenvalue weighted by atomic mass is 10.1. The molecule has 0 saturated carbocycles. The van der Waals surface area contributed by atoms with E-state index in [-0.39, 0.29) is 13.0 Å². The van der Waals surface area contributed by atoms with Gasteiger partial charge in [0.25, 0.3) is 0 Å². The molecule has 1 aromatic heterocycles. The molecule has 7 nitrogen and oxygen atoms in total. The van der Waals surface area contributed by atoms with E-state index in [1.807, 2.05) is 49.3 Å². The summed E-state index contributed by atoms with van der Waals surface area (Å²) in [7, 11) is 0.213. The Hall–Kier alpha value is -2.13. The molecule has 1 aliphatic rings. The summed E-state index contributed by atoms with van der Waals surface area (Å²) in [6.45, 7) is 0.724. The van der Waals surface area contributed by atoms with Crippen molar-refractivity contribution in [3.63, 3.8) is 0 Å². The fourth-order valence-electron chi connectivity index (χ4n) is 2.98. The molecule has 1 unspecified atom stereocenters. The first-order valence-corrected chi connectivity index (χ1v) is 12.0. The van der Waals surface area contributed by atoms with Gasteiger partial charge in [0.15, 0.2) is 4.21 Å². The third kappa shape index (κ3) is 5.98. The van der Waals surface area contributed by atoms with E-state index in [0.717, 1.165) is 16.9 Å². The summed E-state index contributed by atoms with van der Waals surface area (Å²) in [6, 6.07) is 9.94. The van der Waals surface area contributed by atoms with Crippen molar-refractivity contribution in [3.8, 4) is 11.3 Å². The fraction of sp³-hybridized carbons (Fsp3) is 0.333. The molecule has 1 aliphatic carbocycles. The summed E-state index contributed by atoms with van der Waals surface area (Å²) < 4.78 is 26.0. The SMILES string of the molecule is CN(C)c1ccc(-c2ccnc(NCCCNS(=O)(=O)C3(Cl)C=CC=C(Cl)C3)n2)cc1. The lowest BCUT2D eigenvalue weighted by molar-refractivity contribution is 0.565. The highest BCUT2D eigenvalue weighted by Gasteiger charge is 2.40. The minimum atomic E-state index is -3.77. The molecule has 166 valence electrons. The Morgan fingerprint density at radius 1 is 1.16 bits per heavy atom. The number of aromatic nitrogens is 2. The highest BCUT2D eigenvalue weighted by molar-refractivity contribution is 7.92. The Kier molecular flexibility index (Phi) is 7.59. The molecule has 0 radical (unpaired) electrons. The summed E-state index contributed by atoms with van der Waals surface area (Å²) in [5.74, 6) is 0.484. The number of rotatable bonds is 9. The van der Waals surface area contributed by atoms with Crippen molar-refractivity contribution in [2.75, 3.05) is 37.4 Å². The van der Waals surface area contributed by atoms with E-state index in [4.69, 9.17) is 23.2 Å². The van der Waals surface area contributed by atoms with Gasteiger partial charge in [0.2, 0.25) is 16.0 Å². The van der Waals surface area contributed by atoms with E-state index in [1.54, 1.807) is 18.3 Å². The maximum atomic E-state index is 12.5. The van der Waals surface area contributed by atoms with Crippen LogP contribution in [0.5, 0.6) is 0 Å². The number of allylic oxidation sites excluding steroid dienone is 3. The Labute approximate surface area is 193 Å².